The van der Waals surface area contributed by atoms with Gasteiger partial charge >= 0.3 is 5.97 Å². The van der Waals surface area contributed by atoms with E-state index in [1.807, 2.05) is 0 Å². The number of para-hydroxylation sites is 1. The first-order valence-corrected chi connectivity index (χ1v) is 11.4. The number of amides is 2. The number of rotatable bonds is 9. The Labute approximate surface area is 170 Å². The fourth-order valence-corrected chi connectivity index (χ4v) is 4.81. The Hall–Kier alpha value is -2.62. The van der Waals surface area contributed by atoms with Crippen LogP contribution in [0.15, 0.2) is 24.3 Å². The number of hydrogen-bond donors (Lipinski definition) is 3. The molecule has 1 atom stereocenters. The normalized spacial score (nSPS) is 17.3. The molecular formula is C19H27N3O6S. The van der Waals surface area contributed by atoms with Gasteiger partial charge in [0.25, 0.3) is 5.91 Å². The highest BCUT2D eigenvalue weighted by Gasteiger charge is 2.29. The Kier molecular flexibility index (Phi) is 8.44. The van der Waals surface area contributed by atoms with E-state index in [2.05, 4.69) is 23.1 Å². The minimum absolute atomic E-state index is 0.0100. The third kappa shape index (κ3) is 7.72. The quantitative estimate of drug-likeness (QED) is 0.306. The highest BCUT2D eigenvalue weighted by atomic mass is 32.2. The van der Waals surface area contributed by atoms with Crippen molar-refractivity contribution in [2.45, 2.75) is 32.6 Å². The molecular weight excluding hydrogens is 398 g/mol. The monoisotopic (exact) mass is 425 g/mol. The Bertz CT molecular complexity index is 840. The van der Waals surface area contributed by atoms with Crippen LogP contribution in [0.5, 0.6) is 0 Å². The molecule has 1 aromatic carbocycles. The number of hydrazine groups is 1. The van der Waals surface area contributed by atoms with Gasteiger partial charge < -0.3 is 10.1 Å². The van der Waals surface area contributed by atoms with E-state index >= 15 is 0 Å². The summed E-state index contributed by atoms with van der Waals surface area (Å²) in [6.07, 6.45) is 2.42. The van der Waals surface area contributed by atoms with Crippen LogP contribution in [0.25, 0.3) is 0 Å². The van der Waals surface area contributed by atoms with Crippen molar-refractivity contribution < 1.29 is 27.5 Å². The summed E-state index contributed by atoms with van der Waals surface area (Å²) in [5.74, 6) is -2.01. The van der Waals surface area contributed by atoms with Crippen molar-refractivity contribution in [3.63, 3.8) is 0 Å². The van der Waals surface area contributed by atoms with Gasteiger partial charge in [-0.1, -0.05) is 25.5 Å². The van der Waals surface area contributed by atoms with Gasteiger partial charge in [0.1, 0.15) is 0 Å². The second-order valence-electron chi connectivity index (χ2n) is 6.97. The minimum atomic E-state index is -3.06. The van der Waals surface area contributed by atoms with Crippen LogP contribution in [0, 0.1) is 5.92 Å². The zero-order chi connectivity index (χ0) is 21.3. The number of anilines is 1. The van der Waals surface area contributed by atoms with Gasteiger partial charge in [-0.15, -0.1) is 0 Å². The molecule has 160 valence electrons. The van der Waals surface area contributed by atoms with Crippen molar-refractivity contribution in [1.82, 2.24) is 10.9 Å². The van der Waals surface area contributed by atoms with Crippen molar-refractivity contribution in [3.05, 3.63) is 29.8 Å². The Morgan fingerprint density at radius 2 is 1.86 bits per heavy atom. The van der Waals surface area contributed by atoms with Gasteiger partial charge in [-0.05, 0) is 30.9 Å². The van der Waals surface area contributed by atoms with Crippen molar-refractivity contribution in [2.75, 3.05) is 30.0 Å². The molecule has 3 N–H and O–H groups in total. The van der Waals surface area contributed by atoms with Gasteiger partial charge in [-0.25, -0.2) is 13.2 Å². The van der Waals surface area contributed by atoms with E-state index in [1.54, 1.807) is 24.3 Å². The lowest BCUT2D eigenvalue weighted by Crippen LogP contribution is -2.44. The van der Waals surface area contributed by atoms with Crippen LogP contribution in [0.1, 0.15) is 43.0 Å². The van der Waals surface area contributed by atoms with E-state index in [1.165, 1.54) is 0 Å². The number of unbranched alkanes of at least 4 members (excludes halogenated alkanes) is 1. The van der Waals surface area contributed by atoms with Crippen LogP contribution in [0.3, 0.4) is 0 Å². The molecule has 0 saturated carbocycles. The topological polar surface area (TPSA) is 131 Å². The Morgan fingerprint density at radius 3 is 2.55 bits per heavy atom. The average molecular weight is 426 g/mol. The predicted octanol–water partition coefficient (Wildman–Crippen LogP) is 1.03. The van der Waals surface area contributed by atoms with Gasteiger partial charge in [-0.3, -0.25) is 20.4 Å². The maximum Gasteiger partial charge on any atom is 0.340 e. The fourth-order valence-electron chi connectivity index (χ4n) is 2.95. The third-order valence-corrected chi connectivity index (χ3v) is 6.31. The Balaban J connectivity index is 1.73. The van der Waals surface area contributed by atoms with Crippen molar-refractivity contribution in [1.29, 1.82) is 0 Å². The van der Waals surface area contributed by atoms with Crippen LogP contribution in [0.2, 0.25) is 0 Å². The van der Waals surface area contributed by atoms with Gasteiger partial charge in [0.15, 0.2) is 16.4 Å². The molecule has 29 heavy (non-hydrogen) atoms. The number of carbonyl (C=O) groups excluding carboxylic acids is 3. The summed E-state index contributed by atoms with van der Waals surface area (Å²) in [6, 6.07) is 6.86. The molecule has 0 aromatic heterocycles. The fraction of sp³-hybridized carbons (Fsp3) is 0.526. The lowest BCUT2D eigenvalue weighted by atomic mass is 10.1. The van der Waals surface area contributed by atoms with E-state index in [0.29, 0.717) is 17.7 Å². The van der Waals surface area contributed by atoms with E-state index < -0.39 is 34.2 Å². The van der Waals surface area contributed by atoms with E-state index in [0.717, 1.165) is 19.4 Å². The minimum Gasteiger partial charge on any atom is -0.452 e. The molecule has 0 spiro atoms. The number of esters is 1. The molecule has 1 heterocycles. The summed E-state index contributed by atoms with van der Waals surface area (Å²) in [5, 5.41) is 3.16. The first-order chi connectivity index (χ1) is 13.8. The first kappa shape index (κ1) is 22.7. The van der Waals surface area contributed by atoms with Crippen LogP contribution in [0.4, 0.5) is 5.69 Å². The Morgan fingerprint density at radius 1 is 1.14 bits per heavy atom. The van der Waals surface area contributed by atoms with Crippen LogP contribution < -0.4 is 16.2 Å². The smallest absolute Gasteiger partial charge is 0.340 e. The molecule has 2 rings (SSSR count). The predicted molar refractivity (Wildman–Crippen MR) is 108 cm³/mol. The number of benzene rings is 1. The van der Waals surface area contributed by atoms with E-state index in [-0.39, 0.29) is 23.8 Å². The summed E-state index contributed by atoms with van der Waals surface area (Å²) in [4.78, 5) is 35.9. The lowest BCUT2D eigenvalue weighted by molar-refractivity contribution is -0.131. The number of hydrogen-bond acceptors (Lipinski definition) is 7. The number of ether oxygens (including phenoxy) is 1. The molecule has 9 nitrogen and oxygen atoms in total. The summed E-state index contributed by atoms with van der Waals surface area (Å²) in [6.45, 7) is 2.23. The molecule has 2 amide bonds. The second kappa shape index (κ2) is 10.8. The first-order valence-electron chi connectivity index (χ1n) is 9.59. The van der Waals surface area contributed by atoms with Gasteiger partial charge in [0.2, 0.25) is 5.91 Å². The van der Waals surface area contributed by atoms with Crippen molar-refractivity contribution in [3.8, 4) is 0 Å². The largest absolute Gasteiger partial charge is 0.452 e. The molecule has 1 saturated heterocycles. The SMILES string of the molecule is CCCCNc1ccccc1C(=O)OCC(=O)NNC(=O)C[C@@H]1CCS(=O)(=O)C1. The molecule has 1 fully saturated rings. The van der Waals surface area contributed by atoms with Crippen LogP contribution in [-0.2, 0) is 24.2 Å². The summed E-state index contributed by atoms with van der Waals surface area (Å²) in [7, 11) is -3.06. The zero-order valence-corrected chi connectivity index (χ0v) is 17.2. The van der Waals surface area contributed by atoms with Crippen molar-refractivity contribution in [2.24, 2.45) is 5.92 Å². The van der Waals surface area contributed by atoms with E-state index in [9.17, 15) is 22.8 Å². The van der Waals surface area contributed by atoms with Gasteiger partial charge in [0.05, 0.1) is 17.1 Å². The molecule has 0 radical (unpaired) electrons. The molecule has 1 aliphatic heterocycles. The molecule has 0 bridgehead atoms. The zero-order valence-electron chi connectivity index (χ0n) is 16.4. The van der Waals surface area contributed by atoms with Crippen LogP contribution in [-0.4, -0.2) is 50.9 Å². The number of nitrogens with one attached hydrogen (secondary N) is 3. The maximum absolute atomic E-state index is 12.2. The van der Waals surface area contributed by atoms with Gasteiger partial charge in [0, 0.05) is 18.7 Å². The number of sulfone groups is 1. The molecule has 10 heteroatoms. The summed E-state index contributed by atoms with van der Waals surface area (Å²) in [5.41, 5.74) is 5.32. The molecule has 1 aliphatic rings. The average Bonchev–Trinajstić information content (AvgIpc) is 3.03. The molecule has 0 aliphatic carbocycles. The van der Waals surface area contributed by atoms with Crippen LogP contribution >= 0.6 is 0 Å². The highest BCUT2D eigenvalue weighted by molar-refractivity contribution is 7.91. The second-order valence-corrected chi connectivity index (χ2v) is 9.20. The standard InChI is InChI=1S/C19H27N3O6S/c1-2-3-9-20-16-7-5-4-6-15(16)19(25)28-12-18(24)22-21-17(23)11-14-8-10-29(26,27)13-14/h4-7,14,20H,2-3,8-13H2,1H3,(H,21,23)(H,22,24)/t14-/m0/s1. The lowest BCUT2D eigenvalue weighted by Gasteiger charge is -2.12. The third-order valence-electron chi connectivity index (χ3n) is 4.47. The maximum atomic E-state index is 12.2. The molecule has 0 unspecified atom stereocenters. The summed E-state index contributed by atoms with van der Waals surface area (Å²) >= 11 is 0. The number of carbonyl (C=O) groups is 3. The highest BCUT2D eigenvalue weighted by Crippen LogP contribution is 2.21. The molecule has 1 aromatic rings. The van der Waals surface area contributed by atoms with Crippen molar-refractivity contribution >= 4 is 33.3 Å². The van der Waals surface area contributed by atoms with E-state index in [4.69, 9.17) is 4.74 Å². The summed E-state index contributed by atoms with van der Waals surface area (Å²) < 4.78 is 27.8. The van der Waals surface area contributed by atoms with Gasteiger partial charge in [-0.2, -0.15) is 0 Å².